The SMILES string of the molecule is CC(N)Cc1c(Oc2ccc(Cl)cc2)nc2sccn12. The summed E-state index contributed by atoms with van der Waals surface area (Å²) in [5.74, 6) is 1.32. The van der Waals surface area contributed by atoms with Crippen LogP contribution < -0.4 is 10.5 Å². The summed E-state index contributed by atoms with van der Waals surface area (Å²) in [6.07, 6.45) is 2.69. The van der Waals surface area contributed by atoms with Gasteiger partial charge < -0.3 is 10.5 Å². The maximum absolute atomic E-state index is 5.91. The van der Waals surface area contributed by atoms with Crippen molar-refractivity contribution in [1.29, 1.82) is 0 Å². The summed E-state index contributed by atoms with van der Waals surface area (Å²) in [7, 11) is 0. The van der Waals surface area contributed by atoms with Gasteiger partial charge in [-0.2, -0.15) is 4.98 Å². The fourth-order valence-corrected chi connectivity index (χ4v) is 2.85. The zero-order chi connectivity index (χ0) is 14.1. The van der Waals surface area contributed by atoms with Crippen LogP contribution in [0.4, 0.5) is 0 Å². The minimum atomic E-state index is 0.0439. The second-order valence-corrected chi connectivity index (χ2v) is 5.97. The van der Waals surface area contributed by atoms with E-state index in [1.54, 1.807) is 23.5 Å². The van der Waals surface area contributed by atoms with Gasteiger partial charge in [-0.15, -0.1) is 11.3 Å². The van der Waals surface area contributed by atoms with E-state index in [0.29, 0.717) is 23.1 Å². The number of imidazole rings is 1. The summed E-state index contributed by atoms with van der Waals surface area (Å²) in [5, 5.41) is 2.68. The highest BCUT2D eigenvalue weighted by molar-refractivity contribution is 7.15. The van der Waals surface area contributed by atoms with E-state index in [0.717, 1.165) is 10.7 Å². The van der Waals surface area contributed by atoms with E-state index in [2.05, 4.69) is 4.98 Å². The first-order valence-electron chi connectivity index (χ1n) is 6.27. The third kappa shape index (κ3) is 2.65. The first-order chi connectivity index (χ1) is 9.63. The standard InChI is InChI=1S/C14H14ClN3OS/c1-9(16)8-12-13(17-14-18(12)6-7-20-14)19-11-4-2-10(15)3-5-11/h2-7,9H,8,16H2,1H3. The molecule has 2 heterocycles. The summed E-state index contributed by atoms with van der Waals surface area (Å²) < 4.78 is 7.90. The molecule has 0 aliphatic carbocycles. The molecule has 20 heavy (non-hydrogen) atoms. The maximum Gasteiger partial charge on any atom is 0.242 e. The number of ether oxygens (including phenoxy) is 1. The summed E-state index contributed by atoms with van der Waals surface area (Å²) in [5.41, 5.74) is 6.91. The summed E-state index contributed by atoms with van der Waals surface area (Å²) in [4.78, 5) is 5.42. The molecule has 3 rings (SSSR count). The Balaban J connectivity index is 1.97. The van der Waals surface area contributed by atoms with Gasteiger partial charge in [-0.25, -0.2) is 0 Å². The van der Waals surface area contributed by atoms with Gasteiger partial charge in [0.15, 0.2) is 4.96 Å². The van der Waals surface area contributed by atoms with E-state index in [4.69, 9.17) is 22.1 Å². The topological polar surface area (TPSA) is 52.5 Å². The highest BCUT2D eigenvalue weighted by Crippen LogP contribution is 2.29. The van der Waals surface area contributed by atoms with Crippen LogP contribution in [-0.2, 0) is 6.42 Å². The van der Waals surface area contributed by atoms with Crippen LogP contribution in [0.2, 0.25) is 5.02 Å². The Morgan fingerprint density at radius 3 is 2.85 bits per heavy atom. The quantitative estimate of drug-likeness (QED) is 0.799. The Bertz CT molecular complexity index is 718. The number of halogens is 1. The predicted octanol–water partition coefficient (Wildman–Crippen LogP) is 3.73. The number of nitrogens with two attached hydrogens (primary N) is 1. The Hall–Kier alpha value is -1.56. The molecule has 1 aromatic carbocycles. The van der Waals surface area contributed by atoms with Crippen molar-refractivity contribution in [3.63, 3.8) is 0 Å². The van der Waals surface area contributed by atoms with Crippen molar-refractivity contribution in [2.45, 2.75) is 19.4 Å². The van der Waals surface area contributed by atoms with Gasteiger partial charge in [-0.05, 0) is 31.2 Å². The number of hydrogen-bond acceptors (Lipinski definition) is 4. The van der Waals surface area contributed by atoms with E-state index >= 15 is 0 Å². The molecule has 0 radical (unpaired) electrons. The molecule has 4 nitrogen and oxygen atoms in total. The van der Waals surface area contributed by atoms with Crippen LogP contribution >= 0.6 is 22.9 Å². The lowest BCUT2D eigenvalue weighted by molar-refractivity contribution is 0.456. The number of rotatable bonds is 4. The van der Waals surface area contributed by atoms with Gasteiger partial charge in [-0.1, -0.05) is 11.6 Å². The van der Waals surface area contributed by atoms with Gasteiger partial charge in [0.05, 0.1) is 5.69 Å². The molecule has 6 heteroatoms. The number of hydrogen-bond donors (Lipinski definition) is 1. The molecule has 0 bridgehead atoms. The minimum Gasteiger partial charge on any atom is -0.437 e. The zero-order valence-electron chi connectivity index (χ0n) is 10.9. The van der Waals surface area contributed by atoms with E-state index in [9.17, 15) is 0 Å². The average molecular weight is 308 g/mol. The molecule has 0 aliphatic heterocycles. The number of benzene rings is 1. The van der Waals surface area contributed by atoms with Crippen molar-refractivity contribution < 1.29 is 4.74 Å². The Morgan fingerprint density at radius 1 is 1.40 bits per heavy atom. The normalized spacial score (nSPS) is 12.8. The lowest BCUT2D eigenvalue weighted by Crippen LogP contribution is -2.19. The Kier molecular flexibility index (Phi) is 3.65. The lowest BCUT2D eigenvalue weighted by Gasteiger charge is -2.08. The molecule has 1 atom stereocenters. The van der Waals surface area contributed by atoms with E-state index in [1.165, 1.54) is 0 Å². The molecule has 1 unspecified atom stereocenters. The van der Waals surface area contributed by atoms with Gasteiger partial charge in [0.2, 0.25) is 5.88 Å². The molecular weight excluding hydrogens is 294 g/mol. The van der Waals surface area contributed by atoms with Gasteiger partial charge in [0.25, 0.3) is 0 Å². The van der Waals surface area contributed by atoms with Crippen LogP contribution in [0.3, 0.4) is 0 Å². The fourth-order valence-electron chi connectivity index (χ4n) is 2.00. The van der Waals surface area contributed by atoms with Crippen LogP contribution in [0.25, 0.3) is 4.96 Å². The highest BCUT2D eigenvalue weighted by atomic mass is 35.5. The van der Waals surface area contributed by atoms with Crippen LogP contribution in [0.1, 0.15) is 12.6 Å². The predicted molar refractivity (Wildman–Crippen MR) is 81.9 cm³/mol. The van der Waals surface area contributed by atoms with Crippen molar-refractivity contribution in [2.75, 3.05) is 0 Å². The number of aromatic nitrogens is 2. The molecular formula is C14H14ClN3OS. The second kappa shape index (κ2) is 5.44. The monoisotopic (exact) mass is 307 g/mol. The highest BCUT2D eigenvalue weighted by Gasteiger charge is 2.16. The third-order valence-electron chi connectivity index (χ3n) is 2.87. The van der Waals surface area contributed by atoms with Gasteiger partial charge >= 0.3 is 0 Å². The van der Waals surface area contributed by atoms with Gasteiger partial charge in [-0.3, -0.25) is 4.40 Å². The maximum atomic E-state index is 5.91. The molecule has 0 saturated heterocycles. The molecule has 0 amide bonds. The van der Waals surface area contributed by atoms with Crippen molar-refractivity contribution in [3.05, 3.63) is 46.6 Å². The molecule has 104 valence electrons. The third-order valence-corrected chi connectivity index (χ3v) is 3.88. The number of fused-ring (bicyclic) bond motifs is 1. The molecule has 2 N–H and O–H groups in total. The fraction of sp³-hybridized carbons (Fsp3) is 0.214. The number of thiazole rings is 1. The number of nitrogens with zero attached hydrogens (tertiary/aromatic N) is 2. The first-order valence-corrected chi connectivity index (χ1v) is 7.52. The van der Waals surface area contributed by atoms with Crippen molar-refractivity contribution in [2.24, 2.45) is 5.73 Å². The zero-order valence-corrected chi connectivity index (χ0v) is 12.5. The minimum absolute atomic E-state index is 0.0439. The second-order valence-electron chi connectivity index (χ2n) is 4.66. The van der Waals surface area contributed by atoms with Crippen LogP contribution in [0.5, 0.6) is 11.6 Å². The van der Waals surface area contributed by atoms with Crippen LogP contribution in [0.15, 0.2) is 35.8 Å². The molecule has 3 aromatic rings. The van der Waals surface area contributed by atoms with Crippen LogP contribution in [-0.4, -0.2) is 15.4 Å². The largest absolute Gasteiger partial charge is 0.437 e. The van der Waals surface area contributed by atoms with Gasteiger partial charge in [0, 0.05) is 29.1 Å². The van der Waals surface area contributed by atoms with Crippen LogP contribution in [0, 0.1) is 0 Å². The Labute approximate surface area is 125 Å². The van der Waals surface area contributed by atoms with Crippen molar-refractivity contribution in [1.82, 2.24) is 9.38 Å². The first kappa shape index (κ1) is 13.4. The molecule has 0 saturated carbocycles. The van der Waals surface area contributed by atoms with E-state index in [1.807, 2.05) is 35.0 Å². The molecule has 2 aromatic heterocycles. The van der Waals surface area contributed by atoms with Gasteiger partial charge in [0.1, 0.15) is 5.75 Å². The van der Waals surface area contributed by atoms with Crippen molar-refractivity contribution in [3.8, 4) is 11.6 Å². The van der Waals surface area contributed by atoms with E-state index < -0.39 is 0 Å². The molecule has 0 aliphatic rings. The average Bonchev–Trinajstić information content (AvgIpc) is 2.96. The van der Waals surface area contributed by atoms with E-state index in [-0.39, 0.29) is 6.04 Å². The van der Waals surface area contributed by atoms with Crippen molar-refractivity contribution >= 4 is 27.9 Å². The summed E-state index contributed by atoms with van der Waals surface area (Å²) in [6, 6.07) is 7.28. The smallest absolute Gasteiger partial charge is 0.242 e. The summed E-state index contributed by atoms with van der Waals surface area (Å²) >= 11 is 7.44. The summed E-state index contributed by atoms with van der Waals surface area (Å²) in [6.45, 7) is 1.97. The lowest BCUT2D eigenvalue weighted by atomic mass is 10.2. The molecule has 0 fully saturated rings. The Morgan fingerprint density at radius 2 is 2.15 bits per heavy atom. The molecule has 0 spiro atoms.